The van der Waals surface area contributed by atoms with E-state index >= 15 is 0 Å². The summed E-state index contributed by atoms with van der Waals surface area (Å²) in [6, 6.07) is 143. The average Bonchev–Trinajstić information content (AvgIpc) is 0.733. The molecule has 0 nitrogen and oxygen atoms in total. The molecule has 20 aromatic carbocycles. The third-order valence-electron chi connectivity index (χ3n) is 20.8. The van der Waals surface area contributed by atoms with E-state index < -0.39 is 0 Å². The molecule has 0 unspecified atom stereocenters. The van der Waals surface area contributed by atoms with Crippen LogP contribution in [-0.2, 0) is 0 Å². The van der Waals surface area contributed by atoms with Crippen LogP contribution >= 0.6 is 0 Å². The maximum atomic E-state index is 2.43. The predicted octanol–water partition coefficient (Wildman–Crippen LogP) is 28.2. The minimum absolute atomic E-state index is 1.22. The molecule has 464 valence electrons. The monoisotopic (exact) mass is 1260 g/mol. The molecule has 0 amide bonds. The Morgan fingerprint density at radius 1 is 0.0900 bits per heavy atom. The summed E-state index contributed by atoms with van der Waals surface area (Å²) < 4.78 is 0. The standard InChI is InChI=1S/2C50H32/c1-4-13-36-28-40(23-20-33(36)10-1)39-16-9-17-43(31-39)50-46-19-8-7-18-45(46)49(44-25-22-35-12-3-6-15-38(35)30-44)47-27-26-42(32-48(47)50)41-24-21-34-11-2-5-14-37(34)29-41;1-4-12-38-29-41(24-19-33(38)9-1)36-17-22-37(23-18-36)49-45-15-7-8-16-46(45)50(44-26-21-35-11-3-6-14-40(35)31-44)47-28-27-43(32-48(47)49)42-25-20-34-10-2-5-13-39(34)30-42/h2*1-32H. The smallest absolute Gasteiger partial charge is 0.00259 e. The maximum Gasteiger partial charge on any atom is -0.00259 e. The van der Waals surface area contributed by atoms with Gasteiger partial charge in [0.1, 0.15) is 0 Å². The molecule has 0 fully saturated rings. The summed E-state index contributed by atoms with van der Waals surface area (Å²) >= 11 is 0. The minimum Gasteiger partial charge on any atom is -0.0616 e. The molecule has 20 rings (SSSR count). The summed E-state index contributed by atoms with van der Waals surface area (Å²) in [5, 5.41) is 25.2. The second-order valence-corrected chi connectivity index (χ2v) is 26.6. The van der Waals surface area contributed by atoms with Gasteiger partial charge in [-0.3, -0.25) is 0 Å². The summed E-state index contributed by atoms with van der Waals surface area (Å²) in [6.07, 6.45) is 0. The molecule has 0 N–H and O–H groups in total. The van der Waals surface area contributed by atoms with Gasteiger partial charge in [0.25, 0.3) is 0 Å². The van der Waals surface area contributed by atoms with E-state index in [1.807, 2.05) is 0 Å². The molecule has 0 bridgehead atoms. The van der Waals surface area contributed by atoms with Crippen molar-refractivity contribution >= 4 is 108 Å². The Morgan fingerprint density at radius 3 is 0.640 bits per heavy atom. The normalized spacial score (nSPS) is 11.6. The molecule has 0 heterocycles. The van der Waals surface area contributed by atoms with Crippen LogP contribution in [0.3, 0.4) is 0 Å². The van der Waals surface area contributed by atoms with Crippen molar-refractivity contribution in [2.45, 2.75) is 0 Å². The van der Waals surface area contributed by atoms with Gasteiger partial charge in [-0.2, -0.15) is 0 Å². The van der Waals surface area contributed by atoms with Gasteiger partial charge in [0.05, 0.1) is 0 Å². The Kier molecular flexibility index (Phi) is 14.3. The molecule has 100 heavy (non-hydrogen) atoms. The lowest BCUT2D eigenvalue weighted by molar-refractivity contribution is 1.62. The molecular formula is C100H64. The van der Waals surface area contributed by atoms with Gasteiger partial charge in [0, 0.05) is 0 Å². The lowest BCUT2D eigenvalue weighted by Crippen LogP contribution is -1.92. The lowest BCUT2D eigenvalue weighted by Gasteiger charge is -2.19. The number of benzene rings is 20. The van der Waals surface area contributed by atoms with Gasteiger partial charge in [-0.1, -0.05) is 334 Å². The Labute approximate surface area is 581 Å². The van der Waals surface area contributed by atoms with Crippen LogP contribution in [0.15, 0.2) is 388 Å². The molecule has 0 spiro atoms. The van der Waals surface area contributed by atoms with E-state index in [2.05, 4.69) is 388 Å². The summed E-state index contributed by atoms with van der Waals surface area (Å²) in [6.45, 7) is 0. The van der Waals surface area contributed by atoms with E-state index in [1.54, 1.807) is 0 Å². The van der Waals surface area contributed by atoms with Crippen molar-refractivity contribution in [2.75, 3.05) is 0 Å². The summed E-state index contributed by atoms with van der Waals surface area (Å²) in [7, 11) is 0. The first-order chi connectivity index (χ1) is 49.5. The zero-order valence-corrected chi connectivity index (χ0v) is 55.0. The van der Waals surface area contributed by atoms with E-state index in [4.69, 9.17) is 0 Å². The van der Waals surface area contributed by atoms with Crippen molar-refractivity contribution in [3.63, 3.8) is 0 Å². The van der Waals surface area contributed by atoms with Gasteiger partial charge < -0.3 is 0 Å². The molecule has 0 atom stereocenters. The van der Waals surface area contributed by atoms with Crippen LogP contribution in [-0.4, -0.2) is 0 Å². The first-order valence-electron chi connectivity index (χ1n) is 34.7. The van der Waals surface area contributed by atoms with Crippen LogP contribution in [0.1, 0.15) is 0 Å². The molecule has 0 aliphatic rings. The number of hydrogen-bond donors (Lipinski definition) is 0. The van der Waals surface area contributed by atoms with Crippen molar-refractivity contribution in [1.29, 1.82) is 0 Å². The predicted molar refractivity (Wildman–Crippen MR) is 431 cm³/mol. The van der Waals surface area contributed by atoms with Gasteiger partial charge in [0.2, 0.25) is 0 Å². The highest BCUT2D eigenvalue weighted by molar-refractivity contribution is 6.24. The highest BCUT2D eigenvalue weighted by Crippen LogP contribution is 2.49. The number of fused-ring (bicyclic) bond motifs is 10. The van der Waals surface area contributed by atoms with Gasteiger partial charge in [-0.25, -0.2) is 0 Å². The largest absolute Gasteiger partial charge is 0.0616 e. The van der Waals surface area contributed by atoms with E-state index in [-0.39, 0.29) is 0 Å². The summed E-state index contributed by atoms with van der Waals surface area (Å²) in [5.41, 5.74) is 19.8. The highest BCUT2D eigenvalue weighted by Gasteiger charge is 2.21. The fraction of sp³-hybridized carbons (Fsp3) is 0. The van der Waals surface area contributed by atoms with E-state index in [9.17, 15) is 0 Å². The third-order valence-corrected chi connectivity index (χ3v) is 20.8. The second-order valence-electron chi connectivity index (χ2n) is 26.6. The van der Waals surface area contributed by atoms with Crippen LogP contribution in [0.2, 0.25) is 0 Å². The Balaban J connectivity index is 0.000000139. The van der Waals surface area contributed by atoms with E-state index in [1.165, 1.54) is 197 Å². The molecular weight excluding hydrogens is 1200 g/mol. The Bertz CT molecular complexity index is 6650. The number of hydrogen-bond acceptors (Lipinski definition) is 0. The first kappa shape index (κ1) is 58.4. The quantitative estimate of drug-likeness (QED) is 0.133. The number of rotatable bonds is 8. The molecule has 0 heteroatoms. The fourth-order valence-electron chi connectivity index (χ4n) is 15.8. The highest BCUT2D eigenvalue weighted by atomic mass is 14.2. The van der Waals surface area contributed by atoms with Crippen LogP contribution in [0, 0.1) is 0 Å². The minimum atomic E-state index is 1.22. The van der Waals surface area contributed by atoms with Gasteiger partial charge in [-0.15, -0.1) is 0 Å². The zero-order valence-electron chi connectivity index (χ0n) is 55.0. The van der Waals surface area contributed by atoms with Crippen molar-refractivity contribution in [3.8, 4) is 89.0 Å². The molecule has 0 aliphatic carbocycles. The van der Waals surface area contributed by atoms with Crippen molar-refractivity contribution < 1.29 is 0 Å². The van der Waals surface area contributed by atoms with E-state index in [0.29, 0.717) is 0 Å². The maximum absolute atomic E-state index is 2.43. The SMILES string of the molecule is c1cc(-c2ccc3ccccc3c2)cc(-c2c3ccccc3c(-c3ccc4ccccc4c3)c3ccc(-c4ccc5ccccc5c4)cc23)c1.c1ccc2cc(-c3ccc(-c4c5ccccc5c(-c5ccc6ccccc6c5)c5ccc(-c6ccc7ccccc7c6)cc45)cc3)ccc2c1. The van der Waals surface area contributed by atoms with Gasteiger partial charge in [0.15, 0.2) is 0 Å². The molecule has 0 aliphatic heterocycles. The second kappa shape index (κ2) is 24.6. The van der Waals surface area contributed by atoms with Gasteiger partial charge >= 0.3 is 0 Å². The average molecular weight is 1270 g/mol. The van der Waals surface area contributed by atoms with Gasteiger partial charge in [-0.05, 0) is 251 Å². The van der Waals surface area contributed by atoms with Crippen molar-refractivity contribution in [3.05, 3.63) is 388 Å². The van der Waals surface area contributed by atoms with Crippen LogP contribution in [0.4, 0.5) is 0 Å². The molecule has 0 radical (unpaired) electrons. The molecule has 20 aromatic rings. The molecule has 0 aromatic heterocycles. The van der Waals surface area contributed by atoms with Crippen LogP contribution in [0.5, 0.6) is 0 Å². The van der Waals surface area contributed by atoms with Crippen LogP contribution in [0.25, 0.3) is 197 Å². The molecule has 0 saturated carbocycles. The third kappa shape index (κ3) is 10.5. The first-order valence-corrected chi connectivity index (χ1v) is 34.7. The lowest BCUT2D eigenvalue weighted by atomic mass is 9.84. The zero-order chi connectivity index (χ0) is 66.0. The summed E-state index contributed by atoms with van der Waals surface area (Å²) in [5.74, 6) is 0. The Morgan fingerprint density at radius 2 is 0.290 bits per heavy atom. The van der Waals surface area contributed by atoms with Crippen molar-refractivity contribution in [2.24, 2.45) is 0 Å². The summed E-state index contributed by atoms with van der Waals surface area (Å²) in [4.78, 5) is 0. The Hall–Kier alpha value is -13.0. The topological polar surface area (TPSA) is 0 Å². The molecule has 0 saturated heterocycles. The van der Waals surface area contributed by atoms with Crippen molar-refractivity contribution in [1.82, 2.24) is 0 Å². The fourth-order valence-corrected chi connectivity index (χ4v) is 15.8. The van der Waals surface area contributed by atoms with Crippen LogP contribution < -0.4 is 0 Å². The van der Waals surface area contributed by atoms with E-state index in [0.717, 1.165) is 0 Å².